The molecule has 0 N–H and O–H groups in total. The van der Waals surface area contributed by atoms with Crippen LogP contribution in [-0.4, -0.2) is 0 Å². The zero-order valence-corrected chi connectivity index (χ0v) is 69.9. The van der Waals surface area contributed by atoms with Gasteiger partial charge in [0.15, 0.2) is 0 Å². The fourth-order valence-electron chi connectivity index (χ4n) is 21.7. The summed E-state index contributed by atoms with van der Waals surface area (Å²) in [7, 11) is 0. The van der Waals surface area contributed by atoms with Gasteiger partial charge in [0.05, 0.1) is 22.7 Å². The third kappa shape index (κ3) is 11.6. The molecule has 0 heterocycles. The first kappa shape index (κ1) is 72.9. The lowest BCUT2D eigenvalue weighted by atomic mass is 9.70. The molecule has 588 valence electrons. The number of para-hydroxylation sites is 8. The number of rotatable bonds is 14. The van der Waals surface area contributed by atoms with Crippen molar-refractivity contribution in [2.75, 3.05) is 19.6 Å². The molecule has 4 nitrogen and oxygen atoms in total. The van der Waals surface area contributed by atoms with Gasteiger partial charge >= 0.3 is 0 Å². The molecule has 23 aromatic carbocycles. The summed E-state index contributed by atoms with van der Waals surface area (Å²) in [6.45, 7) is 9.82. The number of hydrogen-bond acceptors (Lipinski definition) is 4. The van der Waals surface area contributed by atoms with Crippen molar-refractivity contribution in [2.24, 2.45) is 0 Å². The van der Waals surface area contributed by atoms with E-state index in [9.17, 15) is 0 Å². The molecule has 0 saturated carbocycles. The highest BCUT2D eigenvalue weighted by atomic mass is 15.2. The lowest BCUT2D eigenvalue weighted by Gasteiger charge is -2.37. The van der Waals surface area contributed by atoms with Crippen molar-refractivity contribution in [3.05, 3.63) is 435 Å². The van der Waals surface area contributed by atoms with E-state index in [0.29, 0.717) is 0 Å². The first-order valence-corrected chi connectivity index (χ1v) is 43.9. The maximum Gasteiger partial charge on any atom is 0.0546 e. The molecule has 2 aliphatic rings. The standard InChI is InChI=1S/C61H44N2.C59H44N2/c1-61(2)35-34-42-36-54(62(43-18-7-3-8-19-43)44-20-9-4-10-21-44)50-33-32-49-51(47-30-28-41-27-26-39-16-15-17-40-29-31-48(47)57(41)56(39)40)38-55(52-37-53(61)58(42)60(50)59(49)52)63(45-22-11-5-12-23-45)46-24-13-6-14-25-46;1-59(2)34-33-40-36-54(60(41-20-7-3-8-21-41)42-22-9-4-10-23-42)49-32-31-48-51(50-35-39-19-15-16-28-45(39)46-29-17-18-30-47(46)50)38-55(52-37-53(59)56(40)58(49)57(48)52)61(43-24-11-5-12-25-43)44-26-13-6-14-27-44/h3-33,36-38H,34-35H2,1-2H3;3-32,35-38H,33-34H2,1-2H3. The first-order valence-electron chi connectivity index (χ1n) is 43.9. The SMILES string of the molecule is CC1(C)CCc2cc(N(c3ccccc3)c3ccccc3)c3ccc4c(-c5cc6ccccc6c6ccccc56)cc(N(c5ccccc5)c5ccccc5)c5cc1c2c3c45.CC1(C)CCc2cc(N(c3ccccc3)c3ccccc3)c3ccc4c(-c5ccc6ccc7cccc8ccc5c6c78)cc(N(c5ccccc5)c5ccccc5)c5cc1c2c3c45. The molecule has 0 spiro atoms. The summed E-state index contributed by atoms with van der Waals surface area (Å²) in [6.07, 6.45) is 4.20. The minimum atomic E-state index is -0.0216. The molecule has 4 heteroatoms. The molecule has 23 aromatic rings. The molecule has 0 amide bonds. The first-order chi connectivity index (χ1) is 61.0. The van der Waals surface area contributed by atoms with E-state index in [2.05, 4.69) is 460 Å². The Hall–Kier alpha value is -15.1. The molecule has 0 aliphatic heterocycles. The smallest absolute Gasteiger partial charge is 0.0546 e. The number of fused-ring (bicyclic) bond motifs is 3. The molecular weight excluding hydrogens is 1500 g/mol. The van der Waals surface area contributed by atoms with Crippen molar-refractivity contribution in [1.82, 2.24) is 0 Å². The van der Waals surface area contributed by atoms with E-state index in [4.69, 9.17) is 0 Å². The minimum Gasteiger partial charge on any atom is -0.310 e. The quantitative estimate of drug-likeness (QED) is 0.101. The van der Waals surface area contributed by atoms with Gasteiger partial charge in [0.1, 0.15) is 0 Å². The summed E-state index contributed by atoms with van der Waals surface area (Å²) in [5.74, 6) is 0. The van der Waals surface area contributed by atoms with E-state index in [1.54, 1.807) is 0 Å². The van der Waals surface area contributed by atoms with E-state index in [-0.39, 0.29) is 10.8 Å². The maximum atomic E-state index is 2.58. The van der Waals surface area contributed by atoms with Gasteiger partial charge in [-0.1, -0.05) is 301 Å². The van der Waals surface area contributed by atoms with Crippen LogP contribution in [0.5, 0.6) is 0 Å². The monoisotopic (exact) mass is 1580 g/mol. The number of nitrogens with zero attached hydrogens (tertiary/aromatic N) is 4. The Labute approximate surface area is 722 Å². The highest BCUT2D eigenvalue weighted by Crippen LogP contribution is 2.59. The summed E-state index contributed by atoms with van der Waals surface area (Å²) in [5, 5.41) is 28.7. The number of benzene rings is 23. The molecule has 0 saturated heterocycles. The summed E-state index contributed by atoms with van der Waals surface area (Å²) < 4.78 is 0. The zero-order valence-electron chi connectivity index (χ0n) is 69.9. The van der Waals surface area contributed by atoms with Gasteiger partial charge < -0.3 is 19.6 Å². The summed E-state index contributed by atoms with van der Waals surface area (Å²) in [5.41, 5.74) is 24.6. The summed E-state index contributed by atoms with van der Waals surface area (Å²) >= 11 is 0. The fraction of sp³-hybridized carbons (Fsp3) is 0.0833. The topological polar surface area (TPSA) is 13.0 Å². The molecule has 0 fully saturated rings. The van der Waals surface area contributed by atoms with E-state index >= 15 is 0 Å². The summed E-state index contributed by atoms with van der Waals surface area (Å²) in [4.78, 5) is 9.94. The largest absolute Gasteiger partial charge is 0.310 e. The highest BCUT2D eigenvalue weighted by Gasteiger charge is 2.37. The van der Waals surface area contributed by atoms with E-state index < -0.39 is 0 Å². The average Bonchev–Trinajstić information content (AvgIpc) is 0.691. The van der Waals surface area contributed by atoms with Crippen LogP contribution in [0.15, 0.2) is 413 Å². The van der Waals surface area contributed by atoms with Crippen molar-refractivity contribution in [3.8, 4) is 22.3 Å². The van der Waals surface area contributed by atoms with Crippen LogP contribution in [0, 0.1) is 0 Å². The van der Waals surface area contributed by atoms with Gasteiger partial charge in [0, 0.05) is 88.6 Å². The molecule has 25 rings (SSSR count). The Morgan fingerprint density at radius 2 is 0.468 bits per heavy atom. The van der Waals surface area contributed by atoms with Gasteiger partial charge in [-0.25, -0.2) is 0 Å². The number of aryl methyl sites for hydroxylation is 2. The Kier molecular flexibility index (Phi) is 16.9. The van der Waals surface area contributed by atoms with E-state index in [0.717, 1.165) is 71.2 Å². The molecule has 0 atom stereocenters. The molecular formula is C120H88N4. The highest BCUT2D eigenvalue weighted by molar-refractivity contribution is 6.36. The van der Waals surface area contributed by atoms with Gasteiger partial charge in [-0.3, -0.25) is 0 Å². The Morgan fingerprint density at radius 1 is 0.177 bits per heavy atom. The third-order valence-corrected chi connectivity index (χ3v) is 27.5. The molecule has 124 heavy (non-hydrogen) atoms. The van der Waals surface area contributed by atoms with Crippen molar-refractivity contribution < 1.29 is 0 Å². The van der Waals surface area contributed by atoms with Crippen LogP contribution in [-0.2, 0) is 23.7 Å². The van der Waals surface area contributed by atoms with Crippen molar-refractivity contribution >= 4 is 187 Å². The molecule has 0 unspecified atom stereocenters. The second-order valence-corrected chi connectivity index (χ2v) is 35.5. The normalized spacial score (nSPS) is 13.5. The van der Waals surface area contributed by atoms with Gasteiger partial charge in [-0.05, 0) is 296 Å². The van der Waals surface area contributed by atoms with Crippen molar-refractivity contribution in [2.45, 2.75) is 64.2 Å². The lowest BCUT2D eigenvalue weighted by Crippen LogP contribution is -2.24. The van der Waals surface area contributed by atoms with Crippen LogP contribution in [0.25, 0.3) is 141 Å². The van der Waals surface area contributed by atoms with Gasteiger partial charge in [-0.15, -0.1) is 0 Å². The van der Waals surface area contributed by atoms with Crippen LogP contribution >= 0.6 is 0 Å². The molecule has 2 aliphatic carbocycles. The second-order valence-electron chi connectivity index (χ2n) is 35.5. The number of anilines is 12. The van der Waals surface area contributed by atoms with Crippen LogP contribution in [0.1, 0.15) is 62.8 Å². The van der Waals surface area contributed by atoms with Gasteiger partial charge in [-0.2, -0.15) is 0 Å². The summed E-state index contributed by atoms with van der Waals surface area (Å²) in [6, 6.07) is 153. The molecule has 0 bridgehead atoms. The van der Waals surface area contributed by atoms with Crippen molar-refractivity contribution in [3.63, 3.8) is 0 Å². The predicted octanol–water partition coefficient (Wildman–Crippen LogP) is 34.0. The van der Waals surface area contributed by atoms with E-state index in [1.807, 2.05) is 0 Å². The van der Waals surface area contributed by atoms with Crippen LogP contribution in [0.2, 0.25) is 0 Å². The second kappa shape index (κ2) is 28.8. The Balaban J connectivity index is 0.000000139. The van der Waals surface area contributed by atoms with Crippen LogP contribution in [0.3, 0.4) is 0 Å². The lowest BCUT2D eigenvalue weighted by molar-refractivity contribution is 0.475. The molecule has 0 aromatic heterocycles. The van der Waals surface area contributed by atoms with Crippen molar-refractivity contribution in [1.29, 1.82) is 0 Å². The fourth-order valence-corrected chi connectivity index (χ4v) is 21.7. The van der Waals surface area contributed by atoms with Crippen LogP contribution in [0.4, 0.5) is 68.2 Å². The number of hydrogen-bond donors (Lipinski definition) is 0. The van der Waals surface area contributed by atoms with Gasteiger partial charge in [0.2, 0.25) is 0 Å². The maximum absolute atomic E-state index is 2.58. The van der Waals surface area contributed by atoms with Gasteiger partial charge in [0.25, 0.3) is 0 Å². The third-order valence-electron chi connectivity index (χ3n) is 27.5. The molecule has 0 radical (unpaired) electrons. The Morgan fingerprint density at radius 3 is 0.871 bits per heavy atom. The average molecular weight is 1590 g/mol. The van der Waals surface area contributed by atoms with E-state index in [1.165, 1.54) is 186 Å². The predicted molar refractivity (Wildman–Crippen MR) is 531 cm³/mol. The Bertz CT molecular complexity index is 7900. The minimum absolute atomic E-state index is 0.0192. The zero-order chi connectivity index (χ0) is 82.5. The van der Waals surface area contributed by atoms with Crippen LogP contribution < -0.4 is 19.6 Å².